The molecule has 5 N–H and O–H groups in total. The fourth-order valence-electron chi connectivity index (χ4n) is 0.356. The summed E-state index contributed by atoms with van der Waals surface area (Å²) in [6.07, 6.45) is -0.612. The molecule has 0 aliphatic carbocycles. The summed E-state index contributed by atoms with van der Waals surface area (Å²) in [5, 5.41) is 24.9. The predicted octanol–water partition coefficient (Wildman–Crippen LogP) is -1.30. The van der Waals surface area contributed by atoms with Crippen LogP contribution in [-0.4, -0.2) is 53.9 Å². The first-order valence-corrected chi connectivity index (χ1v) is 4.29. The van der Waals surface area contributed by atoms with Crippen molar-refractivity contribution < 1.29 is 20.1 Å². The number of hydrogen-bond donors (Lipinski definition) is 4. The molecule has 13 heavy (non-hydrogen) atoms. The molecular weight excluding hydrogens is 174 g/mol. The highest BCUT2D eigenvalue weighted by molar-refractivity contribution is 4.47. The molecule has 0 saturated heterocycles. The minimum Gasteiger partial charge on any atom is -0.395 e. The van der Waals surface area contributed by atoms with Crippen LogP contribution in [0.1, 0.15) is 13.8 Å². The first kappa shape index (κ1) is 15.3. The quantitative estimate of drug-likeness (QED) is 0.437. The summed E-state index contributed by atoms with van der Waals surface area (Å²) in [5.74, 6) is 0. The fraction of sp³-hybridized carbons (Fsp3) is 1.00. The molecule has 5 nitrogen and oxygen atoms in total. The smallest absolute Gasteiger partial charge is 0.0779 e. The van der Waals surface area contributed by atoms with Crippen LogP contribution in [0, 0.1) is 0 Å². The average molecular weight is 195 g/mol. The van der Waals surface area contributed by atoms with Crippen molar-refractivity contribution >= 4 is 0 Å². The Morgan fingerprint density at radius 1 is 1.31 bits per heavy atom. The van der Waals surface area contributed by atoms with Crippen molar-refractivity contribution in [2.75, 3.05) is 26.4 Å². The molecule has 2 unspecified atom stereocenters. The maximum absolute atomic E-state index is 8.69. The summed E-state index contributed by atoms with van der Waals surface area (Å²) >= 11 is 0. The Morgan fingerprint density at radius 3 is 2.00 bits per heavy atom. The van der Waals surface area contributed by atoms with Gasteiger partial charge in [-0.15, -0.1) is 0 Å². The van der Waals surface area contributed by atoms with E-state index in [0.717, 1.165) is 0 Å². The maximum atomic E-state index is 8.69. The molecule has 0 aliphatic rings. The van der Waals surface area contributed by atoms with Crippen LogP contribution in [0.4, 0.5) is 0 Å². The Bertz CT molecular complexity index is 88.2. The van der Waals surface area contributed by atoms with Crippen molar-refractivity contribution in [2.24, 2.45) is 5.73 Å². The molecule has 0 aromatic heterocycles. The number of aliphatic hydroxyl groups excluding tert-OH is 3. The fourth-order valence-corrected chi connectivity index (χ4v) is 0.356. The van der Waals surface area contributed by atoms with Crippen LogP contribution in [0.15, 0.2) is 0 Å². The molecule has 0 rings (SSSR count). The van der Waals surface area contributed by atoms with Gasteiger partial charge in [0.15, 0.2) is 0 Å². The first-order chi connectivity index (χ1) is 6.08. The second-order valence-electron chi connectivity index (χ2n) is 2.69. The second kappa shape index (κ2) is 11.8. The van der Waals surface area contributed by atoms with Crippen LogP contribution < -0.4 is 5.73 Å². The third-order valence-electron chi connectivity index (χ3n) is 1.01. The molecule has 0 saturated carbocycles. The van der Waals surface area contributed by atoms with Gasteiger partial charge in [-0.05, 0) is 13.8 Å². The summed E-state index contributed by atoms with van der Waals surface area (Å²) in [5.41, 5.74) is 4.78. The Morgan fingerprint density at radius 2 is 1.77 bits per heavy atom. The molecular formula is C8H21NO4. The third-order valence-corrected chi connectivity index (χ3v) is 1.01. The zero-order valence-corrected chi connectivity index (χ0v) is 8.31. The van der Waals surface area contributed by atoms with Gasteiger partial charge in [-0.25, -0.2) is 0 Å². The van der Waals surface area contributed by atoms with Gasteiger partial charge in [0.2, 0.25) is 0 Å². The van der Waals surface area contributed by atoms with Crippen LogP contribution in [0.3, 0.4) is 0 Å². The van der Waals surface area contributed by atoms with Crippen LogP contribution in [-0.2, 0) is 4.74 Å². The molecule has 2 atom stereocenters. The molecule has 0 bridgehead atoms. The third kappa shape index (κ3) is 18.6. The molecule has 0 radical (unpaired) electrons. The summed E-state index contributed by atoms with van der Waals surface area (Å²) in [4.78, 5) is 0. The Hall–Kier alpha value is -0.200. The van der Waals surface area contributed by atoms with Crippen LogP contribution in [0.2, 0.25) is 0 Å². The van der Waals surface area contributed by atoms with Gasteiger partial charge in [-0.2, -0.15) is 0 Å². The van der Waals surface area contributed by atoms with E-state index in [1.54, 1.807) is 13.8 Å². The lowest BCUT2D eigenvalue weighted by molar-refractivity contribution is -0.0177. The molecule has 0 aliphatic heterocycles. The number of aliphatic hydroxyl groups is 3. The number of hydrogen-bond acceptors (Lipinski definition) is 5. The van der Waals surface area contributed by atoms with E-state index in [1.807, 2.05) is 0 Å². The lowest BCUT2D eigenvalue weighted by atomic mass is 10.4. The van der Waals surface area contributed by atoms with Crippen LogP contribution >= 0.6 is 0 Å². The van der Waals surface area contributed by atoms with Crippen LogP contribution in [0.25, 0.3) is 0 Å². The van der Waals surface area contributed by atoms with Crippen molar-refractivity contribution in [3.63, 3.8) is 0 Å². The number of nitrogens with two attached hydrogens (primary N) is 1. The minimum atomic E-state index is -0.445. The van der Waals surface area contributed by atoms with E-state index in [9.17, 15) is 0 Å². The first-order valence-electron chi connectivity index (χ1n) is 4.29. The topological polar surface area (TPSA) is 95.9 Å². The molecule has 0 amide bonds. The van der Waals surface area contributed by atoms with Gasteiger partial charge < -0.3 is 25.8 Å². The number of rotatable bonds is 5. The highest BCUT2D eigenvalue weighted by Crippen LogP contribution is 1.90. The van der Waals surface area contributed by atoms with E-state index in [4.69, 9.17) is 25.8 Å². The summed E-state index contributed by atoms with van der Waals surface area (Å²) in [6, 6.07) is 0. The summed E-state index contributed by atoms with van der Waals surface area (Å²) in [6.45, 7) is 4.17. The Labute approximate surface area is 79.1 Å². The van der Waals surface area contributed by atoms with E-state index in [2.05, 4.69) is 0 Å². The summed E-state index contributed by atoms with van der Waals surface area (Å²) < 4.78 is 4.95. The minimum absolute atomic E-state index is 0.00667. The molecule has 0 aromatic rings. The second-order valence-corrected chi connectivity index (χ2v) is 2.69. The zero-order valence-electron chi connectivity index (χ0n) is 8.31. The molecule has 0 spiro atoms. The highest BCUT2D eigenvalue weighted by Gasteiger charge is 2.00. The van der Waals surface area contributed by atoms with Gasteiger partial charge >= 0.3 is 0 Å². The predicted molar refractivity (Wildman–Crippen MR) is 50.3 cm³/mol. The summed E-state index contributed by atoms with van der Waals surface area (Å²) in [7, 11) is 0. The largest absolute Gasteiger partial charge is 0.395 e. The standard InChI is InChI=1S/C6H14O3.C2H7NO/c1-5(8)4-9-6(2)3-7;3-1-2-4/h5-8H,3-4H2,1-2H3;4H,1-3H2. The van der Waals surface area contributed by atoms with E-state index < -0.39 is 6.10 Å². The van der Waals surface area contributed by atoms with Gasteiger partial charge in [-0.3, -0.25) is 0 Å². The van der Waals surface area contributed by atoms with Gasteiger partial charge in [0.05, 0.1) is 32.0 Å². The Kier molecular flexibility index (Phi) is 13.9. The normalized spacial score (nSPS) is 14.3. The van der Waals surface area contributed by atoms with Crippen molar-refractivity contribution in [2.45, 2.75) is 26.1 Å². The average Bonchev–Trinajstić information content (AvgIpc) is 2.14. The van der Waals surface area contributed by atoms with Crippen molar-refractivity contribution in [3.8, 4) is 0 Å². The van der Waals surface area contributed by atoms with Gasteiger partial charge in [0.1, 0.15) is 0 Å². The Balaban J connectivity index is 0. The van der Waals surface area contributed by atoms with E-state index in [0.29, 0.717) is 13.2 Å². The monoisotopic (exact) mass is 195 g/mol. The molecule has 0 heterocycles. The van der Waals surface area contributed by atoms with Crippen LogP contribution in [0.5, 0.6) is 0 Å². The van der Waals surface area contributed by atoms with Crippen molar-refractivity contribution in [1.82, 2.24) is 0 Å². The van der Waals surface area contributed by atoms with Gasteiger partial charge in [-0.1, -0.05) is 0 Å². The van der Waals surface area contributed by atoms with Gasteiger partial charge in [0, 0.05) is 6.54 Å². The SMILES string of the molecule is CC(O)COC(C)CO.NCCO. The highest BCUT2D eigenvalue weighted by atomic mass is 16.5. The van der Waals surface area contributed by atoms with Gasteiger partial charge in [0.25, 0.3) is 0 Å². The molecule has 82 valence electrons. The lowest BCUT2D eigenvalue weighted by Gasteiger charge is -2.10. The lowest BCUT2D eigenvalue weighted by Crippen LogP contribution is -2.19. The maximum Gasteiger partial charge on any atom is 0.0779 e. The van der Waals surface area contributed by atoms with E-state index >= 15 is 0 Å². The van der Waals surface area contributed by atoms with E-state index in [-0.39, 0.29) is 19.3 Å². The van der Waals surface area contributed by atoms with E-state index in [1.165, 1.54) is 0 Å². The molecule has 5 heteroatoms. The zero-order chi connectivity index (χ0) is 10.7. The number of ether oxygens (including phenoxy) is 1. The molecule has 0 fully saturated rings. The van der Waals surface area contributed by atoms with Crippen molar-refractivity contribution in [1.29, 1.82) is 0 Å². The molecule has 0 aromatic carbocycles. The van der Waals surface area contributed by atoms with Crippen molar-refractivity contribution in [3.05, 3.63) is 0 Å².